The number of hydrogen-bond acceptors (Lipinski definition) is 5. The first-order valence-electron chi connectivity index (χ1n) is 8.52. The van der Waals surface area contributed by atoms with Crippen LogP contribution in [0.25, 0.3) is 0 Å². The molecule has 23 heavy (non-hydrogen) atoms. The Morgan fingerprint density at radius 1 is 1.39 bits per heavy atom. The van der Waals surface area contributed by atoms with Gasteiger partial charge in [0.2, 0.25) is 5.91 Å². The number of carbonyl (C=O) groups excluding carboxylic acids is 1. The van der Waals surface area contributed by atoms with E-state index in [4.69, 9.17) is 9.15 Å². The minimum Gasteiger partial charge on any atom is -0.468 e. The van der Waals surface area contributed by atoms with Crippen LogP contribution in [0.1, 0.15) is 18.6 Å². The van der Waals surface area contributed by atoms with Gasteiger partial charge < -0.3 is 14.5 Å². The fourth-order valence-corrected chi connectivity index (χ4v) is 3.81. The molecule has 0 bridgehead atoms. The largest absolute Gasteiger partial charge is 0.468 e. The third kappa shape index (κ3) is 3.16. The molecule has 1 saturated carbocycles. The fraction of sp³-hybridized carbons (Fsp3) is 0.706. The summed E-state index contributed by atoms with van der Waals surface area (Å²) in [5, 5.41) is 2.78. The second-order valence-corrected chi connectivity index (χ2v) is 7.22. The van der Waals surface area contributed by atoms with Crippen LogP contribution in [0, 0.1) is 5.92 Å². The first-order chi connectivity index (χ1) is 11.2. The van der Waals surface area contributed by atoms with E-state index in [-0.39, 0.29) is 17.6 Å². The molecule has 6 heteroatoms. The molecule has 1 aromatic rings. The van der Waals surface area contributed by atoms with Crippen molar-refractivity contribution in [2.75, 3.05) is 39.8 Å². The molecule has 126 valence electrons. The molecule has 1 aliphatic carbocycles. The van der Waals surface area contributed by atoms with E-state index < -0.39 is 0 Å². The van der Waals surface area contributed by atoms with Gasteiger partial charge in [0.05, 0.1) is 19.4 Å². The van der Waals surface area contributed by atoms with Gasteiger partial charge in [-0.25, -0.2) is 0 Å². The highest BCUT2D eigenvalue weighted by molar-refractivity contribution is 5.81. The third-order valence-corrected chi connectivity index (χ3v) is 5.20. The number of hydrogen-bond donors (Lipinski definition) is 1. The molecule has 2 aliphatic heterocycles. The lowest BCUT2D eigenvalue weighted by Gasteiger charge is -2.55. The van der Waals surface area contributed by atoms with E-state index in [0.717, 1.165) is 44.4 Å². The lowest BCUT2D eigenvalue weighted by Crippen LogP contribution is -2.72. The summed E-state index contributed by atoms with van der Waals surface area (Å²) in [4.78, 5) is 16.8. The van der Waals surface area contributed by atoms with Gasteiger partial charge in [-0.05, 0) is 30.9 Å². The van der Waals surface area contributed by atoms with E-state index in [0.29, 0.717) is 6.61 Å². The Morgan fingerprint density at radius 2 is 2.22 bits per heavy atom. The number of carbonyl (C=O) groups is 1. The normalized spacial score (nSPS) is 27.8. The summed E-state index contributed by atoms with van der Waals surface area (Å²) in [5.74, 6) is 1.85. The number of likely N-dealkylation sites (N-methyl/N-ethyl adjacent to an activating group) is 1. The zero-order valence-electron chi connectivity index (χ0n) is 13.7. The highest BCUT2D eigenvalue weighted by atomic mass is 16.5. The number of nitrogens with zero attached hydrogens (tertiary/aromatic N) is 2. The zero-order chi connectivity index (χ0) is 15.9. The number of likely N-dealkylation sites (tertiary alicyclic amines) is 1. The summed E-state index contributed by atoms with van der Waals surface area (Å²) < 4.78 is 11.6. The summed E-state index contributed by atoms with van der Waals surface area (Å²) in [6, 6.07) is 3.80. The Bertz CT molecular complexity index is 549. The van der Waals surface area contributed by atoms with E-state index in [1.54, 1.807) is 13.3 Å². The molecule has 0 radical (unpaired) electrons. The first kappa shape index (κ1) is 15.2. The average molecular weight is 319 g/mol. The Hall–Kier alpha value is -1.37. The third-order valence-electron chi connectivity index (χ3n) is 5.20. The van der Waals surface area contributed by atoms with Gasteiger partial charge in [0, 0.05) is 33.2 Å². The average Bonchev–Trinajstić information content (AvgIpc) is 3.18. The van der Waals surface area contributed by atoms with Gasteiger partial charge in [-0.2, -0.15) is 0 Å². The second kappa shape index (κ2) is 5.92. The minimum absolute atomic E-state index is 0.0762. The minimum atomic E-state index is -0.134. The Morgan fingerprint density at radius 3 is 2.87 bits per heavy atom. The first-order valence-corrected chi connectivity index (χ1v) is 8.52. The number of ether oxygens (including phenoxy) is 1. The molecule has 6 nitrogen and oxygen atoms in total. The molecule has 1 N–H and O–H groups in total. The molecular weight excluding hydrogens is 294 g/mol. The van der Waals surface area contributed by atoms with Crippen molar-refractivity contribution < 1.29 is 13.9 Å². The van der Waals surface area contributed by atoms with Crippen LogP contribution in [0.15, 0.2) is 22.8 Å². The maximum atomic E-state index is 12.1. The number of furan rings is 1. The standard InChI is InChI=1S/C17H25N3O3/c1-18-16(21)15-9-23-17(12-20(15)7-13-4-5-13)10-19(11-17)8-14-3-2-6-22-14/h2-3,6,13,15H,4-5,7-12H2,1H3,(H,18,21). The van der Waals surface area contributed by atoms with Gasteiger partial charge in [0.25, 0.3) is 0 Å². The zero-order valence-corrected chi connectivity index (χ0v) is 13.7. The number of morpholine rings is 1. The smallest absolute Gasteiger partial charge is 0.239 e. The lowest BCUT2D eigenvalue weighted by atomic mass is 9.90. The van der Waals surface area contributed by atoms with E-state index in [1.807, 2.05) is 12.1 Å². The van der Waals surface area contributed by atoms with Crippen molar-refractivity contribution in [1.29, 1.82) is 0 Å². The van der Waals surface area contributed by atoms with Gasteiger partial charge in [-0.3, -0.25) is 14.6 Å². The van der Waals surface area contributed by atoms with Crippen molar-refractivity contribution in [2.45, 2.75) is 31.0 Å². The molecule has 1 atom stereocenters. The summed E-state index contributed by atoms with van der Waals surface area (Å²) in [6.45, 7) is 5.04. The van der Waals surface area contributed by atoms with Crippen molar-refractivity contribution in [1.82, 2.24) is 15.1 Å². The van der Waals surface area contributed by atoms with Crippen molar-refractivity contribution in [3.05, 3.63) is 24.2 Å². The molecule has 4 rings (SSSR count). The lowest BCUT2D eigenvalue weighted by molar-refractivity contribution is -0.203. The predicted molar refractivity (Wildman–Crippen MR) is 84.8 cm³/mol. The molecule has 1 spiro atoms. The molecule has 0 aromatic carbocycles. The van der Waals surface area contributed by atoms with Crippen LogP contribution in [0.2, 0.25) is 0 Å². The predicted octanol–water partition coefficient (Wildman–Crippen LogP) is 0.691. The molecule has 1 amide bonds. The monoisotopic (exact) mass is 319 g/mol. The maximum absolute atomic E-state index is 12.1. The summed E-state index contributed by atoms with van der Waals surface area (Å²) in [6.07, 6.45) is 4.32. The van der Waals surface area contributed by atoms with Crippen molar-refractivity contribution in [3.63, 3.8) is 0 Å². The van der Waals surface area contributed by atoms with Crippen molar-refractivity contribution >= 4 is 5.91 Å². The van der Waals surface area contributed by atoms with Gasteiger partial charge >= 0.3 is 0 Å². The van der Waals surface area contributed by atoms with E-state index in [2.05, 4.69) is 15.1 Å². The molecule has 2 saturated heterocycles. The quantitative estimate of drug-likeness (QED) is 0.865. The van der Waals surface area contributed by atoms with Crippen LogP contribution >= 0.6 is 0 Å². The topological polar surface area (TPSA) is 58.0 Å². The van der Waals surface area contributed by atoms with E-state index in [9.17, 15) is 4.79 Å². The molecule has 3 fully saturated rings. The van der Waals surface area contributed by atoms with Crippen molar-refractivity contribution in [2.24, 2.45) is 5.92 Å². The summed E-state index contributed by atoms with van der Waals surface area (Å²) >= 11 is 0. The summed E-state index contributed by atoms with van der Waals surface area (Å²) in [7, 11) is 1.70. The SMILES string of the molecule is CNC(=O)C1COC2(CN(Cc3ccco3)C2)CN1CC1CC1. The van der Waals surface area contributed by atoms with Gasteiger partial charge in [0.1, 0.15) is 17.4 Å². The second-order valence-electron chi connectivity index (χ2n) is 7.22. The van der Waals surface area contributed by atoms with Crippen LogP contribution < -0.4 is 5.32 Å². The maximum Gasteiger partial charge on any atom is 0.239 e. The van der Waals surface area contributed by atoms with Crippen molar-refractivity contribution in [3.8, 4) is 0 Å². The Labute approximate surface area is 136 Å². The van der Waals surface area contributed by atoms with Gasteiger partial charge in [0.15, 0.2) is 0 Å². The van der Waals surface area contributed by atoms with E-state index in [1.165, 1.54) is 12.8 Å². The number of rotatable bonds is 5. The van der Waals surface area contributed by atoms with Crippen LogP contribution in [0.3, 0.4) is 0 Å². The molecule has 3 aliphatic rings. The van der Waals surface area contributed by atoms with E-state index >= 15 is 0 Å². The highest BCUT2D eigenvalue weighted by Crippen LogP contribution is 2.36. The molecule has 3 heterocycles. The van der Waals surface area contributed by atoms with Gasteiger partial charge in [-0.15, -0.1) is 0 Å². The Balaban J connectivity index is 1.36. The number of amides is 1. The fourth-order valence-electron chi connectivity index (χ4n) is 3.81. The molecule has 1 aromatic heterocycles. The summed E-state index contributed by atoms with van der Waals surface area (Å²) in [5.41, 5.74) is -0.105. The molecule has 1 unspecified atom stereocenters. The number of nitrogens with one attached hydrogen (secondary N) is 1. The highest BCUT2D eigenvalue weighted by Gasteiger charge is 2.51. The van der Waals surface area contributed by atoms with Crippen LogP contribution in [0.4, 0.5) is 0 Å². The molecular formula is C17H25N3O3. The van der Waals surface area contributed by atoms with Crippen LogP contribution in [0.5, 0.6) is 0 Å². The van der Waals surface area contributed by atoms with Crippen LogP contribution in [-0.4, -0.2) is 67.2 Å². The van der Waals surface area contributed by atoms with Crippen LogP contribution in [-0.2, 0) is 16.1 Å². The Kier molecular flexibility index (Phi) is 3.91. The van der Waals surface area contributed by atoms with Gasteiger partial charge in [-0.1, -0.05) is 0 Å².